The smallest absolute Gasteiger partial charge is 0.0278 e. The van der Waals surface area contributed by atoms with Gasteiger partial charge in [-0.2, -0.15) is 0 Å². The summed E-state index contributed by atoms with van der Waals surface area (Å²) < 4.78 is 0. The molecular formula is C10H18N2. The third kappa shape index (κ3) is 1.19. The fourth-order valence-corrected chi connectivity index (χ4v) is 2.99. The van der Waals surface area contributed by atoms with E-state index in [1.165, 1.54) is 19.3 Å². The van der Waals surface area contributed by atoms with E-state index in [9.17, 15) is 0 Å². The maximum atomic E-state index is 5.51. The monoisotopic (exact) mass is 166 g/mol. The minimum Gasteiger partial charge on any atom is -0.271 e. The van der Waals surface area contributed by atoms with E-state index < -0.39 is 0 Å². The van der Waals surface area contributed by atoms with Crippen molar-refractivity contribution < 1.29 is 0 Å². The van der Waals surface area contributed by atoms with Gasteiger partial charge >= 0.3 is 0 Å². The number of rotatable bonds is 4. The molecule has 2 aliphatic rings. The van der Waals surface area contributed by atoms with Crippen LogP contribution in [-0.4, -0.2) is 6.04 Å². The van der Waals surface area contributed by atoms with Crippen molar-refractivity contribution in [1.29, 1.82) is 0 Å². The van der Waals surface area contributed by atoms with Gasteiger partial charge in [0.15, 0.2) is 0 Å². The van der Waals surface area contributed by atoms with Gasteiger partial charge in [-0.15, -0.1) is 6.58 Å². The zero-order chi connectivity index (χ0) is 8.55. The van der Waals surface area contributed by atoms with Gasteiger partial charge in [-0.1, -0.05) is 12.5 Å². The molecule has 2 saturated carbocycles. The summed E-state index contributed by atoms with van der Waals surface area (Å²) in [6.07, 6.45) is 7.30. The van der Waals surface area contributed by atoms with Gasteiger partial charge < -0.3 is 0 Å². The van der Waals surface area contributed by atoms with Crippen LogP contribution in [0.1, 0.15) is 25.7 Å². The zero-order valence-electron chi connectivity index (χ0n) is 7.50. The Bertz CT molecular complexity index is 169. The molecule has 0 aromatic heterocycles. The SMILES string of the molecule is C=CCC(NN)C1C2CCCC21. The zero-order valence-corrected chi connectivity index (χ0v) is 7.50. The maximum absolute atomic E-state index is 5.51. The molecule has 0 radical (unpaired) electrons. The van der Waals surface area contributed by atoms with Crippen LogP contribution < -0.4 is 11.3 Å². The Balaban J connectivity index is 1.88. The lowest BCUT2D eigenvalue weighted by Crippen LogP contribution is -2.37. The van der Waals surface area contributed by atoms with E-state index in [1.807, 2.05) is 6.08 Å². The summed E-state index contributed by atoms with van der Waals surface area (Å²) in [5.74, 6) is 8.35. The Morgan fingerprint density at radius 2 is 2.17 bits per heavy atom. The van der Waals surface area contributed by atoms with Crippen molar-refractivity contribution in [3.05, 3.63) is 12.7 Å². The van der Waals surface area contributed by atoms with E-state index >= 15 is 0 Å². The van der Waals surface area contributed by atoms with Gasteiger partial charge in [0.1, 0.15) is 0 Å². The lowest BCUT2D eigenvalue weighted by atomic mass is 10.0. The second-order valence-electron chi connectivity index (χ2n) is 4.13. The molecule has 68 valence electrons. The highest BCUT2D eigenvalue weighted by atomic mass is 15.2. The van der Waals surface area contributed by atoms with Crippen LogP contribution in [0.3, 0.4) is 0 Å². The first kappa shape index (κ1) is 8.27. The molecule has 2 aliphatic carbocycles. The predicted molar refractivity (Wildman–Crippen MR) is 50.2 cm³/mol. The molecule has 0 aromatic rings. The minimum atomic E-state index is 0.498. The Morgan fingerprint density at radius 1 is 1.50 bits per heavy atom. The second-order valence-corrected chi connectivity index (χ2v) is 4.13. The molecule has 2 rings (SSSR count). The highest BCUT2D eigenvalue weighted by Gasteiger charge is 2.55. The van der Waals surface area contributed by atoms with Gasteiger partial charge in [0.05, 0.1) is 0 Å². The second kappa shape index (κ2) is 3.19. The fourth-order valence-electron chi connectivity index (χ4n) is 2.99. The molecule has 0 aliphatic heterocycles. The van der Waals surface area contributed by atoms with Crippen LogP contribution in [0.2, 0.25) is 0 Å². The average molecular weight is 166 g/mol. The summed E-state index contributed by atoms with van der Waals surface area (Å²) in [6.45, 7) is 3.76. The van der Waals surface area contributed by atoms with E-state index in [0.29, 0.717) is 6.04 Å². The molecule has 2 nitrogen and oxygen atoms in total. The molecule has 0 heterocycles. The van der Waals surface area contributed by atoms with Gasteiger partial charge in [0, 0.05) is 6.04 Å². The molecule has 0 bridgehead atoms. The number of hydrazine groups is 1. The van der Waals surface area contributed by atoms with E-state index in [0.717, 1.165) is 24.2 Å². The van der Waals surface area contributed by atoms with Gasteiger partial charge in [-0.05, 0) is 37.0 Å². The Labute approximate surface area is 74.2 Å². The molecule has 3 atom stereocenters. The summed E-state index contributed by atoms with van der Waals surface area (Å²) in [7, 11) is 0. The summed E-state index contributed by atoms with van der Waals surface area (Å²) in [5, 5.41) is 0. The molecular weight excluding hydrogens is 148 g/mol. The normalized spacial score (nSPS) is 40.6. The van der Waals surface area contributed by atoms with E-state index in [1.54, 1.807) is 0 Å². The fraction of sp³-hybridized carbons (Fsp3) is 0.800. The van der Waals surface area contributed by atoms with Gasteiger partial charge in [-0.25, -0.2) is 0 Å². The third-order valence-electron chi connectivity index (χ3n) is 3.57. The van der Waals surface area contributed by atoms with Gasteiger partial charge in [0.25, 0.3) is 0 Å². The molecule has 0 spiro atoms. The van der Waals surface area contributed by atoms with Crippen LogP contribution in [-0.2, 0) is 0 Å². The summed E-state index contributed by atoms with van der Waals surface area (Å²) in [6, 6.07) is 0.498. The lowest BCUT2D eigenvalue weighted by molar-refractivity contribution is 0.415. The van der Waals surface area contributed by atoms with Crippen LogP contribution in [0, 0.1) is 17.8 Å². The average Bonchev–Trinajstić information content (AvgIpc) is 2.59. The van der Waals surface area contributed by atoms with Crippen molar-refractivity contribution in [2.24, 2.45) is 23.6 Å². The van der Waals surface area contributed by atoms with E-state index in [2.05, 4.69) is 12.0 Å². The standard InChI is InChI=1S/C10H18N2/c1-2-4-9(12-11)10-7-5-3-6-8(7)10/h2,7-10,12H,1,3-6,11H2. The van der Waals surface area contributed by atoms with Gasteiger partial charge in [-0.3, -0.25) is 11.3 Å². The number of hydrogen-bond acceptors (Lipinski definition) is 2. The van der Waals surface area contributed by atoms with E-state index in [-0.39, 0.29) is 0 Å². The van der Waals surface area contributed by atoms with Crippen molar-refractivity contribution in [3.63, 3.8) is 0 Å². The maximum Gasteiger partial charge on any atom is 0.0278 e. The highest BCUT2D eigenvalue weighted by Crippen LogP contribution is 2.59. The molecule has 0 amide bonds. The molecule has 2 fully saturated rings. The van der Waals surface area contributed by atoms with Crippen LogP contribution >= 0.6 is 0 Å². The Morgan fingerprint density at radius 3 is 2.67 bits per heavy atom. The quantitative estimate of drug-likeness (QED) is 0.377. The van der Waals surface area contributed by atoms with Crippen molar-refractivity contribution in [2.45, 2.75) is 31.7 Å². The van der Waals surface area contributed by atoms with Crippen LogP contribution in [0.5, 0.6) is 0 Å². The lowest BCUT2D eigenvalue weighted by Gasteiger charge is -2.15. The molecule has 3 N–H and O–H groups in total. The van der Waals surface area contributed by atoms with Crippen LogP contribution in [0.25, 0.3) is 0 Å². The van der Waals surface area contributed by atoms with Gasteiger partial charge in [0.2, 0.25) is 0 Å². The van der Waals surface area contributed by atoms with Crippen LogP contribution in [0.15, 0.2) is 12.7 Å². The summed E-state index contributed by atoms with van der Waals surface area (Å²) in [4.78, 5) is 0. The molecule has 2 heteroatoms. The first-order chi connectivity index (χ1) is 5.88. The molecule has 3 unspecified atom stereocenters. The van der Waals surface area contributed by atoms with Crippen molar-refractivity contribution in [1.82, 2.24) is 5.43 Å². The van der Waals surface area contributed by atoms with Crippen molar-refractivity contribution >= 4 is 0 Å². The summed E-state index contributed by atoms with van der Waals surface area (Å²) in [5.41, 5.74) is 2.92. The Hall–Kier alpha value is -0.340. The van der Waals surface area contributed by atoms with Crippen molar-refractivity contribution in [3.8, 4) is 0 Å². The van der Waals surface area contributed by atoms with Crippen molar-refractivity contribution in [2.75, 3.05) is 0 Å². The summed E-state index contributed by atoms with van der Waals surface area (Å²) >= 11 is 0. The Kier molecular flexibility index (Phi) is 2.20. The van der Waals surface area contributed by atoms with E-state index in [4.69, 9.17) is 5.84 Å². The highest BCUT2D eigenvalue weighted by molar-refractivity contribution is 5.06. The topological polar surface area (TPSA) is 38.0 Å². The molecule has 12 heavy (non-hydrogen) atoms. The minimum absolute atomic E-state index is 0.498. The predicted octanol–water partition coefficient (Wildman–Crippen LogP) is 1.44. The first-order valence-corrected chi connectivity index (χ1v) is 4.95. The first-order valence-electron chi connectivity index (χ1n) is 4.95. The molecule has 0 aromatic carbocycles. The molecule has 0 saturated heterocycles. The number of nitrogens with one attached hydrogen (secondary N) is 1. The van der Waals surface area contributed by atoms with Crippen LogP contribution in [0.4, 0.5) is 0 Å². The third-order valence-corrected chi connectivity index (χ3v) is 3.57. The number of nitrogens with two attached hydrogens (primary N) is 1. The largest absolute Gasteiger partial charge is 0.271 e. The number of hydrogen-bond donors (Lipinski definition) is 2. The number of fused-ring (bicyclic) bond motifs is 1.